The molecule has 3 heterocycles. The third-order valence-electron chi connectivity index (χ3n) is 2.82. The van der Waals surface area contributed by atoms with Gasteiger partial charge in [-0.15, -0.1) is 22.7 Å². The van der Waals surface area contributed by atoms with E-state index in [1.807, 2.05) is 30.8 Å². The Bertz CT molecular complexity index is 541. The minimum absolute atomic E-state index is 0.201. The number of ketones is 1. The highest BCUT2D eigenvalue weighted by molar-refractivity contribution is 7.98. The summed E-state index contributed by atoms with van der Waals surface area (Å²) < 4.78 is 0. The molecule has 88 valence electrons. The average molecular weight is 280 g/mol. The van der Waals surface area contributed by atoms with Gasteiger partial charge in [-0.2, -0.15) is 11.8 Å². The van der Waals surface area contributed by atoms with E-state index in [1.54, 1.807) is 22.7 Å². The van der Waals surface area contributed by atoms with E-state index < -0.39 is 0 Å². The van der Waals surface area contributed by atoms with Gasteiger partial charge in [0.05, 0.1) is 9.75 Å². The van der Waals surface area contributed by atoms with Gasteiger partial charge >= 0.3 is 0 Å². The molecule has 1 nitrogen and oxygen atoms in total. The zero-order valence-electron chi connectivity index (χ0n) is 9.49. The summed E-state index contributed by atoms with van der Waals surface area (Å²) in [6.07, 6.45) is 1.13. The van der Waals surface area contributed by atoms with Gasteiger partial charge in [0.2, 0.25) is 5.78 Å². The van der Waals surface area contributed by atoms with Crippen LogP contribution in [0.25, 0.3) is 0 Å². The normalized spacial score (nSPS) is 14.6. The van der Waals surface area contributed by atoms with E-state index in [1.165, 1.54) is 21.1 Å². The van der Waals surface area contributed by atoms with Crippen LogP contribution in [0.3, 0.4) is 0 Å². The monoisotopic (exact) mass is 280 g/mol. The largest absolute Gasteiger partial charge is 0.287 e. The average Bonchev–Trinajstić information content (AvgIpc) is 2.93. The number of hydrogen-bond donors (Lipinski definition) is 0. The Morgan fingerprint density at radius 1 is 1.24 bits per heavy atom. The van der Waals surface area contributed by atoms with E-state index in [4.69, 9.17) is 0 Å². The summed E-state index contributed by atoms with van der Waals surface area (Å²) in [5, 5.41) is 0. The number of carbonyl (C=O) groups is 1. The molecule has 1 aliphatic heterocycles. The Morgan fingerprint density at radius 3 is 2.82 bits per heavy atom. The van der Waals surface area contributed by atoms with Gasteiger partial charge in [0.1, 0.15) is 0 Å². The van der Waals surface area contributed by atoms with Crippen molar-refractivity contribution in [1.82, 2.24) is 0 Å². The molecular weight excluding hydrogens is 268 g/mol. The fraction of sp³-hybridized carbons (Fsp3) is 0.308. The van der Waals surface area contributed by atoms with E-state index >= 15 is 0 Å². The van der Waals surface area contributed by atoms with Crippen LogP contribution >= 0.6 is 34.4 Å². The van der Waals surface area contributed by atoms with Gasteiger partial charge in [-0.3, -0.25) is 4.79 Å². The van der Waals surface area contributed by atoms with Gasteiger partial charge in [-0.05, 0) is 42.9 Å². The van der Waals surface area contributed by atoms with Crippen LogP contribution in [0, 0.1) is 6.92 Å². The molecule has 2 aromatic heterocycles. The predicted molar refractivity (Wildman–Crippen MR) is 76.7 cm³/mol. The smallest absolute Gasteiger partial charge is 0.212 e. The Labute approximate surface area is 113 Å². The van der Waals surface area contributed by atoms with Crippen molar-refractivity contribution >= 4 is 40.2 Å². The van der Waals surface area contributed by atoms with E-state index in [2.05, 4.69) is 6.07 Å². The van der Waals surface area contributed by atoms with Crippen molar-refractivity contribution in [2.75, 3.05) is 5.75 Å². The van der Waals surface area contributed by atoms with Crippen LogP contribution in [0.1, 0.15) is 29.9 Å². The molecule has 4 heteroatoms. The van der Waals surface area contributed by atoms with E-state index in [0.717, 1.165) is 21.9 Å². The molecule has 2 aromatic rings. The molecule has 0 spiro atoms. The minimum atomic E-state index is 0.201. The van der Waals surface area contributed by atoms with Crippen molar-refractivity contribution in [2.24, 2.45) is 0 Å². The topological polar surface area (TPSA) is 17.1 Å². The molecule has 17 heavy (non-hydrogen) atoms. The van der Waals surface area contributed by atoms with Gasteiger partial charge in [-0.25, -0.2) is 0 Å². The van der Waals surface area contributed by atoms with E-state index in [9.17, 15) is 4.79 Å². The summed E-state index contributed by atoms with van der Waals surface area (Å²) in [6, 6.07) is 6.06. The van der Waals surface area contributed by atoms with Crippen molar-refractivity contribution in [1.29, 1.82) is 0 Å². The fourth-order valence-corrected chi connectivity index (χ4v) is 5.15. The number of thiophene rings is 2. The van der Waals surface area contributed by atoms with Crippen LogP contribution in [0.15, 0.2) is 18.2 Å². The number of fused-ring (bicyclic) bond motifs is 1. The third-order valence-corrected chi connectivity index (χ3v) is 6.06. The van der Waals surface area contributed by atoms with Crippen molar-refractivity contribution in [2.45, 2.75) is 19.1 Å². The highest BCUT2D eigenvalue weighted by Crippen LogP contribution is 2.33. The SMILES string of the molecule is Cc1ccc(C(=O)c2cc3c(s2)CCSC3)s1. The molecule has 0 aliphatic carbocycles. The molecule has 0 saturated carbocycles. The first kappa shape index (κ1) is 11.5. The zero-order valence-corrected chi connectivity index (χ0v) is 11.9. The molecule has 0 atom stereocenters. The lowest BCUT2D eigenvalue weighted by Gasteiger charge is -2.08. The van der Waals surface area contributed by atoms with Crippen molar-refractivity contribution in [3.8, 4) is 0 Å². The molecule has 0 unspecified atom stereocenters. The summed E-state index contributed by atoms with van der Waals surface area (Å²) in [7, 11) is 0. The van der Waals surface area contributed by atoms with Crippen LogP contribution in [0.5, 0.6) is 0 Å². The predicted octanol–water partition coefficient (Wildman–Crippen LogP) is 4.14. The van der Waals surface area contributed by atoms with Crippen LogP contribution in [-0.4, -0.2) is 11.5 Å². The number of aryl methyl sites for hydroxylation is 2. The first-order valence-corrected chi connectivity index (χ1v) is 8.33. The van der Waals surface area contributed by atoms with Gasteiger partial charge in [0, 0.05) is 15.5 Å². The summed E-state index contributed by atoms with van der Waals surface area (Å²) in [5.41, 5.74) is 1.38. The lowest BCUT2D eigenvalue weighted by molar-refractivity contribution is 0.104. The molecule has 1 aliphatic rings. The number of carbonyl (C=O) groups excluding carboxylic acids is 1. The highest BCUT2D eigenvalue weighted by Gasteiger charge is 2.19. The van der Waals surface area contributed by atoms with Gasteiger partial charge in [0.15, 0.2) is 0 Å². The lowest BCUT2D eigenvalue weighted by atomic mass is 10.2. The molecule has 0 bridgehead atoms. The maximum atomic E-state index is 12.3. The molecular formula is C13H12OS3. The van der Waals surface area contributed by atoms with Crippen LogP contribution in [0.2, 0.25) is 0 Å². The Hall–Kier alpha value is -0.580. The first-order chi connectivity index (χ1) is 8.24. The fourth-order valence-electron chi connectivity index (χ4n) is 1.94. The van der Waals surface area contributed by atoms with Crippen LogP contribution < -0.4 is 0 Å². The Balaban J connectivity index is 1.94. The molecule has 0 saturated heterocycles. The lowest BCUT2D eigenvalue weighted by Crippen LogP contribution is -1.96. The van der Waals surface area contributed by atoms with Crippen molar-refractivity contribution in [3.63, 3.8) is 0 Å². The molecule has 0 fully saturated rings. The van der Waals surface area contributed by atoms with Gasteiger partial charge < -0.3 is 0 Å². The quantitative estimate of drug-likeness (QED) is 0.769. The molecule has 3 rings (SSSR count). The van der Waals surface area contributed by atoms with Gasteiger partial charge in [-0.1, -0.05) is 0 Å². The van der Waals surface area contributed by atoms with E-state index in [0.29, 0.717) is 0 Å². The maximum absolute atomic E-state index is 12.3. The standard InChI is InChI=1S/C13H12OS3/c1-8-2-3-11(16-8)13(14)12-6-9-7-15-5-4-10(9)17-12/h2-3,6H,4-5,7H2,1H3. The van der Waals surface area contributed by atoms with Crippen LogP contribution in [-0.2, 0) is 12.2 Å². The zero-order chi connectivity index (χ0) is 11.8. The van der Waals surface area contributed by atoms with Crippen LogP contribution in [0.4, 0.5) is 0 Å². The second kappa shape index (κ2) is 4.59. The highest BCUT2D eigenvalue weighted by atomic mass is 32.2. The summed E-state index contributed by atoms with van der Waals surface area (Å²) >= 11 is 5.24. The molecule has 0 N–H and O–H groups in total. The van der Waals surface area contributed by atoms with Gasteiger partial charge in [0.25, 0.3) is 0 Å². The maximum Gasteiger partial charge on any atom is 0.212 e. The molecule has 0 radical (unpaired) electrons. The number of rotatable bonds is 2. The summed E-state index contributed by atoms with van der Waals surface area (Å²) in [5.74, 6) is 2.47. The second-order valence-corrected chi connectivity index (χ2v) is 7.63. The Kier molecular flexibility index (Phi) is 3.11. The minimum Gasteiger partial charge on any atom is -0.287 e. The first-order valence-electron chi connectivity index (χ1n) is 5.54. The second-order valence-electron chi connectivity index (χ2n) is 4.10. The number of thioether (sulfide) groups is 1. The molecule has 0 amide bonds. The summed E-state index contributed by atoms with van der Waals surface area (Å²) in [6.45, 7) is 2.04. The van der Waals surface area contributed by atoms with Crippen molar-refractivity contribution < 1.29 is 4.79 Å². The third kappa shape index (κ3) is 2.21. The summed E-state index contributed by atoms with van der Waals surface area (Å²) in [4.78, 5) is 16.7. The molecule has 0 aromatic carbocycles. The number of hydrogen-bond acceptors (Lipinski definition) is 4. The van der Waals surface area contributed by atoms with E-state index in [-0.39, 0.29) is 5.78 Å². The van der Waals surface area contributed by atoms with Crippen molar-refractivity contribution in [3.05, 3.63) is 43.3 Å². The Morgan fingerprint density at radius 2 is 2.12 bits per heavy atom.